The van der Waals surface area contributed by atoms with Gasteiger partial charge in [-0.2, -0.15) is 0 Å². The Morgan fingerprint density at radius 3 is 1.90 bits per heavy atom. The number of nitrogens with one attached hydrogen (secondary N) is 2. The van der Waals surface area contributed by atoms with Crippen molar-refractivity contribution in [1.82, 2.24) is 10.6 Å². The van der Waals surface area contributed by atoms with Crippen LogP contribution in [0.25, 0.3) is 0 Å². The van der Waals surface area contributed by atoms with E-state index in [0.29, 0.717) is 13.1 Å². The highest BCUT2D eigenvalue weighted by molar-refractivity contribution is 5.77. The number of amides is 1. The predicted octanol–water partition coefficient (Wildman–Crippen LogP) is -8.21. The Morgan fingerprint density at radius 1 is 0.667 bits per heavy atom. The van der Waals surface area contributed by atoms with Crippen molar-refractivity contribution in [3.8, 4) is 0 Å². The summed E-state index contributed by atoms with van der Waals surface area (Å²) in [6.07, 6.45) is -23.6. The fourth-order valence-corrected chi connectivity index (χ4v) is 5.39. The molecule has 13 N–H and O–H groups in total. The summed E-state index contributed by atoms with van der Waals surface area (Å²) in [7, 11) is 1.22. The number of hydrogen-bond donors (Lipinski definition) is 12. The summed E-state index contributed by atoms with van der Waals surface area (Å²) in [6.45, 7) is -0.857. The molecule has 0 aromatic heterocycles. The van der Waals surface area contributed by atoms with Crippen LogP contribution in [0.2, 0.25) is 0 Å². The first-order valence-electron chi connectivity index (χ1n) is 15.6. The Bertz CT molecular complexity index is 927. The first-order valence-corrected chi connectivity index (χ1v) is 15.6. The van der Waals surface area contributed by atoms with Gasteiger partial charge in [-0.15, -0.1) is 0 Å². The van der Waals surface area contributed by atoms with E-state index in [2.05, 4.69) is 10.6 Å². The molecule has 3 saturated heterocycles. The molecule has 0 saturated carbocycles. The van der Waals surface area contributed by atoms with Crippen LogP contribution < -0.4 is 16.4 Å². The van der Waals surface area contributed by atoms with Gasteiger partial charge in [-0.3, -0.25) is 4.79 Å². The molecule has 0 spiro atoms. The zero-order chi connectivity index (χ0) is 35.4. The van der Waals surface area contributed by atoms with Crippen LogP contribution in [0.1, 0.15) is 0 Å². The average Bonchev–Trinajstić information content (AvgIpc) is 3.08. The molecule has 0 aromatic rings. The molecule has 282 valence electrons. The Balaban J connectivity index is 1.61. The molecule has 15 atom stereocenters. The van der Waals surface area contributed by atoms with E-state index in [-0.39, 0.29) is 38.8 Å². The van der Waals surface area contributed by atoms with Crippen molar-refractivity contribution in [3.05, 3.63) is 0 Å². The number of aliphatic hydroxyl groups is 9. The number of hydrogen-bond acceptors (Lipinski definition) is 20. The van der Waals surface area contributed by atoms with E-state index < -0.39 is 112 Å². The Hall–Kier alpha value is -1.29. The molecule has 0 radical (unpaired) electrons. The van der Waals surface area contributed by atoms with Crippen molar-refractivity contribution in [3.63, 3.8) is 0 Å². The lowest BCUT2D eigenvalue weighted by Gasteiger charge is -2.48. The van der Waals surface area contributed by atoms with Crippen LogP contribution in [-0.4, -0.2) is 217 Å². The number of rotatable bonds is 19. The Morgan fingerprint density at radius 2 is 1.25 bits per heavy atom. The number of nitrogens with two attached hydrogens (primary N) is 1. The van der Waals surface area contributed by atoms with Gasteiger partial charge in [0, 0.05) is 26.7 Å². The van der Waals surface area contributed by atoms with Crippen LogP contribution >= 0.6 is 0 Å². The monoisotopic (exact) mass is 705 g/mol. The van der Waals surface area contributed by atoms with E-state index in [1.807, 2.05) is 0 Å². The summed E-state index contributed by atoms with van der Waals surface area (Å²) in [5, 5.41) is 98.7. The van der Waals surface area contributed by atoms with Gasteiger partial charge < -0.3 is 100 Å². The van der Waals surface area contributed by atoms with Crippen molar-refractivity contribution in [2.24, 2.45) is 5.73 Å². The zero-order valence-corrected chi connectivity index (χ0v) is 26.5. The standard InChI is InChI=1S/C27H51N3O18/c1-41-22-14(11-33)46-27(21(40)24(22)48-26-19(38)18(37)16(35)12(9-31)45-26)47-23-17(36)13(10-32)44-25(20(23)39)43-7-6-42-5-4-30-15(34)8-29-3-2-28/h12-14,16-27,29,31-33,35-40H,2-11,28H2,1H3,(H,30,34)/t12?,13?,14?,16-,17-,18?,19?,20?,21?,22-,23?,24?,25+,26-,27-/m1/s1. The molecular formula is C27H51N3O18. The lowest BCUT2D eigenvalue weighted by molar-refractivity contribution is -0.382. The van der Waals surface area contributed by atoms with Crippen molar-refractivity contribution >= 4 is 5.91 Å². The van der Waals surface area contributed by atoms with Crippen molar-refractivity contribution in [2.75, 3.05) is 72.9 Å². The second kappa shape index (κ2) is 20.5. The predicted molar refractivity (Wildman–Crippen MR) is 156 cm³/mol. The highest BCUT2D eigenvalue weighted by atomic mass is 16.8. The molecule has 3 heterocycles. The molecule has 21 nitrogen and oxygen atoms in total. The van der Waals surface area contributed by atoms with Gasteiger partial charge in [0.25, 0.3) is 0 Å². The van der Waals surface area contributed by atoms with E-state index in [0.717, 1.165) is 0 Å². The molecule has 21 heteroatoms. The first kappa shape index (κ1) is 41.1. The minimum atomic E-state index is -1.84. The van der Waals surface area contributed by atoms with Gasteiger partial charge >= 0.3 is 0 Å². The fraction of sp³-hybridized carbons (Fsp3) is 0.963. The summed E-state index contributed by atoms with van der Waals surface area (Å²) in [5.41, 5.74) is 5.35. The summed E-state index contributed by atoms with van der Waals surface area (Å²) in [6, 6.07) is 0. The second-order valence-electron chi connectivity index (χ2n) is 11.3. The van der Waals surface area contributed by atoms with E-state index in [9.17, 15) is 50.8 Å². The lowest BCUT2D eigenvalue weighted by Crippen LogP contribution is -2.67. The Labute approximate surface area is 276 Å². The highest BCUT2D eigenvalue weighted by Crippen LogP contribution is 2.33. The summed E-state index contributed by atoms with van der Waals surface area (Å²) < 4.78 is 44.4. The molecule has 1 amide bonds. The van der Waals surface area contributed by atoms with Gasteiger partial charge in [-0.05, 0) is 0 Å². The van der Waals surface area contributed by atoms with Gasteiger partial charge in [-0.1, -0.05) is 0 Å². The molecule has 9 unspecified atom stereocenters. The van der Waals surface area contributed by atoms with E-state index >= 15 is 0 Å². The van der Waals surface area contributed by atoms with Crippen LogP contribution in [0.4, 0.5) is 0 Å². The third-order valence-corrected chi connectivity index (χ3v) is 8.00. The van der Waals surface area contributed by atoms with Crippen molar-refractivity contribution in [1.29, 1.82) is 0 Å². The van der Waals surface area contributed by atoms with Gasteiger partial charge in [-0.25, -0.2) is 0 Å². The van der Waals surface area contributed by atoms with Crippen molar-refractivity contribution in [2.45, 2.75) is 92.1 Å². The van der Waals surface area contributed by atoms with Crippen LogP contribution in [0.15, 0.2) is 0 Å². The lowest BCUT2D eigenvalue weighted by atomic mass is 9.96. The van der Waals surface area contributed by atoms with Gasteiger partial charge in [0.15, 0.2) is 18.9 Å². The smallest absolute Gasteiger partial charge is 0.234 e. The fourth-order valence-electron chi connectivity index (χ4n) is 5.39. The first-order chi connectivity index (χ1) is 23.0. The van der Waals surface area contributed by atoms with Crippen LogP contribution in [0.3, 0.4) is 0 Å². The molecule has 0 bridgehead atoms. The van der Waals surface area contributed by atoms with Crippen LogP contribution in [0.5, 0.6) is 0 Å². The molecule has 48 heavy (non-hydrogen) atoms. The van der Waals surface area contributed by atoms with E-state index in [1.54, 1.807) is 0 Å². The highest BCUT2D eigenvalue weighted by Gasteiger charge is 2.54. The zero-order valence-electron chi connectivity index (χ0n) is 26.5. The van der Waals surface area contributed by atoms with Gasteiger partial charge in [0.2, 0.25) is 5.91 Å². The number of ether oxygens (including phenoxy) is 8. The molecule has 0 aromatic carbocycles. The maximum atomic E-state index is 11.7. The number of carbonyl (C=O) groups excluding carboxylic acids is 1. The largest absolute Gasteiger partial charge is 0.394 e. The number of carbonyl (C=O) groups is 1. The normalized spacial score (nSPS) is 40.5. The molecule has 3 aliphatic rings. The third-order valence-electron chi connectivity index (χ3n) is 8.00. The van der Waals surface area contributed by atoms with Gasteiger partial charge in [0.1, 0.15) is 73.2 Å². The number of methoxy groups -OCH3 is 1. The number of aliphatic hydroxyl groups excluding tert-OH is 9. The van der Waals surface area contributed by atoms with Gasteiger partial charge in [0.05, 0.1) is 46.2 Å². The summed E-state index contributed by atoms with van der Waals surface area (Å²) >= 11 is 0. The summed E-state index contributed by atoms with van der Waals surface area (Å²) in [4.78, 5) is 11.7. The SMILES string of the molecule is CO[C@@H]1C(CO)O[C@H](OC2C(O)[C@@H](OCCOCCNC(=O)CNCCN)OC(CO)[C@H]2O)C(O)C1O[C@H]1OC(CO)[C@@H](O)C(O)C1O. The maximum Gasteiger partial charge on any atom is 0.234 e. The topological polar surface area (TPSA) is 323 Å². The second-order valence-corrected chi connectivity index (χ2v) is 11.3. The summed E-state index contributed by atoms with van der Waals surface area (Å²) in [5.74, 6) is -0.233. The van der Waals surface area contributed by atoms with E-state index in [1.165, 1.54) is 7.11 Å². The molecule has 0 aliphatic carbocycles. The van der Waals surface area contributed by atoms with Crippen molar-refractivity contribution < 1.29 is 88.6 Å². The molecule has 3 aliphatic heterocycles. The minimum Gasteiger partial charge on any atom is -0.394 e. The molecule has 3 rings (SSSR count). The Kier molecular flexibility index (Phi) is 17.6. The average molecular weight is 706 g/mol. The third kappa shape index (κ3) is 10.6. The van der Waals surface area contributed by atoms with Crippen LogP contribution in [0, 0.1) is 0 Å². The minimum absolute atomic E-state index is 0.0176. The molecule has 3 fully saturated rings. The maximum absolute atomic E-state index is 11.7. The van der Waals surface area contributed by atoms with Crippen LogP contribution in [-0.2, 0) is 42.7 Å². The van der Waals surface area contributed by atoms with E-state index in [4.69, 9.17) is 43.6 Å². The quantitative estimate of drug-likeness (QED) is 0.0555. The molecular weight excluding hydrogens is 654 g/mol.